The zero-order chi connectivity index (χ0) is 22.9. The highest BCUT2D eigenvalue weighted by atomic mass is 16.6. The lowest BCUT2D eigenvalue weighted by Gasteiger charge is -2.40. The number of aromatic hydroxyl groups is 1. The Morgan fingerprint density at radius 3 is 2.20 bits per heavy atom. The predicted molar refractivity (Wildman–Crippen MR) is 123 cm³/mol. The lowest BCUT2D eigenvalue weighted by Crippen LogP contribution is -2.45. The van der Waals surface area contributed by atoms with Gasteiger partial charge in [0, 0.05) is 12.5 Å². The van der Waals surface area contributed by atoms with Crippen LogP contribution >= 0.6 is 0 Å². The van der Waals surface area contributed by atoms with Crippen molar-refractivity contribution >= 4 is 16.7 Å². The summed E-state index contributed by atoms with van der Waals surface area (Å²) in [4.78, 5) is 13.2. The monoisotopic (exact) mass is 414 g/mol. The third-order valence-corrected chi connectivity index (χ3v) is 6.30. The van der Waals surface area contributed by atoms with Crippen LogP contribution in [-0.2, 0) is 26.1 Å². The van der Waals surface area contributed by atoms with Gasteiger partial charge in [-0.2, -0.15) is 0 Å². The van der Waals surface area contributed by atoms with E-state index >= 15 is 0 Å². The van der Waals surface area contributed by atoms with Crippen LogP contribution in [0, 0.1) is 10.8 Å². The maximum Gasteiger partial charge on any atom is 0.313 e. The molecule has 0 saturated carbocycles. The molecule has 0 saturated heterocycles. The van der Waals surface area contributed by atoms with E-state index < -0.39 is 5.41 Å². The highest BCUT2D eigenvalue weighted by molar-refractivity contribution is 5.90. The van der Waals surface area contributed by atoms with Crippen LogP contribution in [-0.4, -0.2) is 30.9 Å². The van der Waals surface area contributed by atoms with Gasteiger partial charge in [-0.25, -0.2) is 0 Å². The first-order chi connectivity index (χ1) is 13.7. The standard InChI is InChI=1S/C26H38O4/c1-17(16-29-9)30-23(28)26(8,25(5,6)7)15-19-11-10-18-14-20(24(2,3)4)12-13-21(18)22(19)27/h10-14,17,27H,15-16H2,1-9H3. The van der Waals surface area contributed by atoms with Gasteiger partial charge in [-0.15, -0.1) is 0 Å². The van der Waals surface area contributed by atoms with Crippen LogP contribution in [0.2, 0.25) is 0 Å². The highest BCUT2D eigenvalue weighted by Gasteiger charge is 2.46. The molecule has 2 unspecified atom stereocenters. The van der Waals surface area contributed by atoms with Gasteiger partial charge in [0.25, 0.3) is 0 Å². The summed E-state index contributed by atoms with van der Waals surface area (Å²) in [5.41, 5.74) is 0.827. The zero-order valence-corrected chi connectivity index (χ0v) is 20.1. The second-order valence-corrected chi connectivity index (χ2v) is 10.7. The molecule has 0 aromatic heterocycles. The number of ether oxygens (including phenoxy) is 2. The lowest BCUT2D eigenvalue weighted by molar-refractivity contribution is -0.169. The zero-order valence-electron chi connectivity index (χ0n) is 20.1. The van der Waals surface area contributed by atoms with Crippen molar-refractivity contribution in [2.24, 2.45) is 10.8 Å². The van der Waals surface area contributed by atoms with Gasteiger partial charge in [0.15, 0.2) is 0 Å². The van der Waals surface area contributed by atoms with E-state index in [1.54, 1.807) is 7.11 Å². The summed E-state index contributed by atoms with van der Waals surface area (Å²) in [7, 11) is 1.59. The number of phenols is 1. The third-order valence-electron chi connectivity index (χ3n) is 6.30. The molecule has 2 aromatic carbocycles. The van der Waals surface area contributed by atoms with Crippen molar-refractivity contribution in [2.45, 2.75) is 73.3 Å². The van der Waals surface area contributed by atoms with Crippen LogP contribution < -0.4 is 0 Å². The molecule has 0 radical (unpaired) electrons. The normalized spacial score (nSPS) is 15.6. The van der Waals surface area contributed by atoms with E-state index in [9.17, 15) is 9.90 Å². The Morgan fingerprint density at radius 2 is 1.67 bits per heavy atom. The van der Waals surface area contributed by atoms with Crippen molar-refractivity contribution in [3.8, 4) is 5.75 Å². The molecule has 0 fully saturated rings. The minimum atomic E-state index is -0.814. The van der Waals surface area contributed by atoms with E-state index in [1.165, 1.54) is 5.56 Å². The van der Waals surface area contributed by atoms with Crippen LogP contribution in [0.15, 0.2) is 30.3 Å². The number of benzene rings is 2. The Morgan fingerprint density at radius 1 is 1.03 bits per heavy atom. The molecule has 0 amide bonds. The average Bonchev–Trinajstić information content (AvgIpc) is 2.62. The van der Waals surface area contributed by atoms with Crippen LogP contribution in [0.25, 0.3) is 10.8 Å². The van der Waals surface area contributed by atoms with Crippen LogP contribution in [0.3, 0.4) is 0 Å². The molecule has 0 aliphatic rings. The number of carbonyl (C=O) groups is 1. The fourth-order valence-corrected chi connectivity index (χ4v) is 3.57. The van der Waals surface area contributed by atoms with Crippen LogP contribution in [0.4, 0.5) is 0 Å². The predicted octanol–water partition coefficient (Wildman–Crippen LogP) is 6.02. The van der Waals surface area contributed by atoms with Gasteiger partial charge in [-0.3, -0.25) is 4.79 Å². The summed E-state index contributed by atoms with van der Waals surface area (Å²) < 4.78 is 10.8. The molecule has 0 aliphatic carbocycles. The van der Waals surface area contributed by atoms with Gasteiger partial charge in [0.1, 0.15) is 11.9 Å². The number of fused-ring (bicyclic) bond motifs is 1. The summed E-state index contributed by atoms with van der Waals surface area (Å²) in [6, 6.07) is 10.1. The van der Waals surface area contributed by atoms with E-state index in [0.29, 0.717) is 13.0 Å². The Kier molecular flexibility index (Phi) is 6.92. The number of hydrogen-bond acceptors (Lipinski definition) is 4. The minimum Gasteiger partial charge on any atom is -0.507 e. The van der Waals surface area contributed by atoms with Gasteiger partial charge in [0.05, 0.1) is 12.0 Å². The Bertz CT molecular complexity index is 902. The SMILES string of the molecule is COCC(C)OC(=O)C(C)(Cc1ccc2cc(C(C)(C)C)ccc2c1O)C(C)(C)C. The van der Waals surface area contributed by atoms with Gasteiger partial charge in [-0.05, 0) is 47.6 Å². The number of esters is 1. The Balaban J connectivity index is 2.45. The maximum atomic E-state index is 13.2. The largest absolute Gasteiger partial charge is 0.507 e. The number of methoxy groups -OCH3 is 1. The van der Waals surface area contributed by atoms with Crippen molar-refractivity contribution in [1.82, 2.24) is 0 Å². The van der Waals surface area contributed by atoms with Gasteiger partial charge in [-0.1, -0.05) is 71.9 Å². The molecule has 0 spiro atoms. The molecule has 2 rings (SSSR count). The summed E-state index contributed by atoms with van der Waals surface area (Å²) in [6.45, 7) is 16.7. The number of rotatable bonds is 6. The second kappa shape index (κ2) is 8.58. The summed E-state index contributed by atoms with van der Waals surface area (Å²) in [5, 5.41) is 12.8. The van der Waals surface area contributed by atoms with E-state index in [2.05, 4.69) is 32.9 Å². The van der Waals surface area contributed by atoms with Crippen molar-refractivity contribution in [1.29, 1.82) is 0 Å². The van der Waals surface area contributed by atoms with Crippen molar-refractivity contribution in [2.75, 3.05) is 13.7 Å². The topological polar surface area (TPSA) is 55.8 Å². The number of phenolic OH excluding ortho intramolecular Hbond substituents is 1. The molecule has 4 nitrogen and oxygen atoms in total. The van der Waals surface area contributed by atoms with Gasteiger partial charge >= 0.3 is 5.97 Å². The van der Waals surface area contributed by atoms with Gasteiger partial charge in [0.2, 0.25) is 0 Å². The molecule has 2 atom stereocenters. The van der Waals surface area contributed by atoms with Crippen LogP contribution in [0.1, 0.15) is 66.5 Å². The minimum absolute atomic E-state index is 0.0376. The quantitative estimate of drug-likeness (QED) is 0.588. The number of carbonyl (C=O) groups excluding carboxylic acids is 1. The molecule has 30 heavy (non-hydrogen) atoms. The third kappa shape index (κ3) is 4.97. The molecular weight excluding hydrogens is 376 g/mol. The first-order valence-corrected chi connectivity index (χ1v) is 10.7. The summed E-state index contributed by atoms with van der Waals surface area (Å²) in [5.74, 6) is -0.0386. The fourth-order valence-electron chi connectivity index (χ4n) is 3.57. The summed E-state index contributed by atoms with van der Waals surface area (Å²) >= 11 is 0. The molecular formula is C26H38O4. The van der Waals surface area contributed by atoms with Gasteiger partial charge < -0.3 is 14.6 Å². The molecule has 166 valence electrons. The van der Waals surface area contributed by atoms with Crippen molar-refractivity contribution < 1.29 is 19.4 Å². The average molecular weight is 415 g/mol. The van der Waals surface area contributed by atoms with Crippen molar-refractivity contribution in [3.05, 3.63) is 41.5 Å². The van der Waals surface area contributed by atoms with Crippen molar-refractivity contribution in [3.63, 3.8) is 0 Å². The van der Waals surface area contributed by atoms with Crippen LogP contribution in [0.5, 0.6) is 5.75 Å². The number of hydrogen-bond donors (Lipinski definition) is 1. The summed E-state index contributed by atoms with van der Waals surface area (Å²) in [6.07, 6.45) is 0.0582. The molecule has 1 N–H and O–H groups in total. The maximum absolute atomic E-state index is 13.2. The van der Waals surface area contributed by atoms with E-state index in [-0.39, 0.29) is 28.7 Å². The Labute approximate surface area is 181 Å². The first kappa shape index (κ1) is 24.2. The highest BCUT2D eigenvalue weighted by Crippen LogP contribution is 2.45. The lowest BCUT2D eigenvalue weighted by atomic mass is 9.64. The fraction of sp³-hybridized carbons (Fsp3) is 0.577. The first-order valence-electron chi connectivity index (χ1n) is 10.7. The van der Waals surface area contributed by atoms with E-state index in [4.69, 9.17) is 9.47 Å². The molecule has 0 heterocycles. The second-order valence-electron chi connectivity index (χ2n) is 10.7. The molecule has 0 bridgehead atoms. The molecule has 2 aromatic rings. The smallest absolute Gasteiger partial charge is 0.313 e. The molecule has 0 aliphatic heterocycles. The Hall–Kier alpha value is -2.07. The van der Waals surface area contributed by atoms with E-state index in [1.807, 2.05) is 52.8 Å². The molecule has 4 heteroatoms. The van der Waals surface area contributed by atoms with E-state index in [0.717, 1.165) is 16.3 Å².